The third kappa shape index (κ3) is 1.81. The van der Waals surface area contributed by atoms with Crippen molar-refractivity contribution in [3.05, 3.63) is 18.2 Å². The number of hydrogen-bond donors (Lipinski definition) is 1. The van der Waals surface area contributed by atoms with Crippen molar-refractivity contribution in [1.82, 2.24) is 0 Å². The highest BCUT2D eigenvalue weighted by Crippen LogP contribution is 2.32. The molecule has 0 radical (unpaired) electrons. The minimum absolute atomic E-state index is 0.00103. The van der Waals surface area contributed by atoms with Crippen LogP contribution in [0, 0.1) is 0 Å². The van der Waals surface area contributed by atoms with Gasteiger partial charge in [0.05, 0.1) is 11.4 Å². The summed E-state index contributed by atoms with van der Waals surface area (Å²) < 4.78 is 18.3. The summed E-state index contributed by atoms with van der Waals surface area (Å²) in [6, 6.07) is 4.24. The number of amides is 2. The number of nitrogens with zero attached hydrogens (tertiary/aromatic N) is 1. The molecule has 1 heterocycles. The van der Waals surface area contributed by atoms with E-state index in [2.05, 4.69) is 5.32 Å². The molecule has 1 aliphatic heterocycles. The molecule has 0 fully saturated rings. The van der Waals surface area contributed by atoms with Crippen molar-refractivity contribution >= 4 is 23.2 Å². The molecular formula is C10H9FN2O3. The van der Waals surface area contributed by atoms with E-state index in [1.54, 1.807) is 0 Å². The second-order valence-corrected chi connectivity index (χ2v) is 3.32. The molecule has 2 amide bonds. The Morgan fingerprint density at radius 3 is 3.00 bits per heavy atom. The number of anilines is 2. The van der Waals surface area contributed by atoms with Gasteiger partial charge in [0.2, 0.25) is 0 Å². The summed E-state index contributed by atoms with van der Waals surface area (Å²) in [5.41, 5.74) is 0.412. The van der Waals surface area contributed by atoms with E-state index in [9.17, 15) is 14.1 Å². The van der Waals surface area contributed by atoms with E-state index in [1.807, 2.05) is 0 Å². The van der Waals surface area contributed by atoms with Crippen molar-refractivity contribution in [2.75, 3.05) is 17.0 Å². The molecule has 0 saturated heterocycles. The molecule has 1 aromatic rings. The lowest BCUT2D eigenvalue weighted by atomic mass is 10.2. The Bertz CT molecular complexity index is 461. The molecule has 0 aliphatic carbocycles. The van der Waals surface area contributed by atoms with Crippen LogP contribution in [0.15, 0.2) is 18.2 Å². The van der Waals surface area contributed by atoms with Gasteiger partial charge in [0.15, 0.2) is 6.61 Å². The Balaban J connectivity index is 2.34. The van der Waals surface area contributed by atoms with Crippen LogP contribution in [0.5, 0.6) is 5.75 Å². The summed E-state index contributed by atoms with van der Waals surface area (Å²) in [7, 11) is 0. The first-order valence-electron chi connectivity index (χ1n) is 4.61. The maximum Gasteiger partial charge on any atom is 0.262 e. The zero-order valence-electron chi connectivity index (χ0n) is 8.49. The molecule has 0 atom stereocenters. The normalized spacial score (nSPS) is 13.5. The fourth-order valence-electron chi connectivity index (χ4n) is 1.38. The monoisotopic (exact) mass is 224 g/mol. The van der Waals surface area contributed by atoms with Crippen molar-refractivity contribution < 1.29 is 18.8 Å². The summed E-state index contributed by atoms with van der Waals surface area (Å²) >= 11 is 0. The second kappa shape index (κ2) is 3.80. The van der Waals surface area contributed by atoms with Gasteiger partial charge < -0.3 is 10.1 Å². The quantitative estimate of drug-likeness (QED) is 0.730. The van der Waals surface area contributed by atoms with Crippen molar-refractivity contribution in [3.63, 3.8) is 0 Å². The molecule has 6 heteroatoms. The first kappa shape index (κ1) is 10.4. The van der Waals surface area contributed by atoms with E-state index < -0.39 is 5.91 Å². The summed E-state index contributed by atoms with van der Waals surface area (Å²) in [4.78, 5) is 21.8. The van der Waals surface area contributed by atoms with Crippen LogP contribution in [0.4, 0.5) is 15.9 Å². The van der Waals surface area contributed by atoms with E-state index in [-0.39, 0.29) is 23.3 Å². The van der Waals surface area contributed by atoms with E-state index >= 15 is 0 Å². The van der Waals surface area contributed by atoms with Crippen LogP contribution in [0.2, 0.25) is 0 Å². The van der Waals surface area contributed by atoms with Crippen LogP contribution < -0.4 is 15.2 Å². The summed E-state index contributed by atoms with van der Waals surface area (Å²) in [5, 5.41) is 2.53. The van der Waals surface area contributed by atoms with Gasteiger partial charge in [-0.25, -0.2) is 0 Å². The maximum atomic E-state index is 13.3. The molecule has 0 bridgehead atoms. The second-order valence-electron chi connectivity index (χ2n) is 3.32. The molecule has 2 rings (SSSR count). The van der Waals surface area contributed by atoms with Gasteiger partial charge >= 0.3 is 0 Å². The molecule has 1 N–H and O–H groups in total. The average molecular weight is 224 g/mol. The molecular weight excluding hydrogens is 215 g/mol. The molecule has 1 aliphatic rings. The predicted molar refractivity (Wildman–Crippen MR) is 54.8 cm³/mol. The highest BCUT2D eigenvalue weighted by Gasteiger charge is 2.18. The number of benzene rings is 1. The Kier molecular flexibility index (Phi) is 2.47. The van der Waals surface area contributed by atoms with Crippen molar-refractivity contribution in [1.29, 1.82) is 0 Å². The SMILES string of the molecule is CC(=O)N(F)c1ccc2c(c1)NC(=O)CO2. The van der Waals surface area contributed by atoms with E-state index in [4.69, 9.17) is 4.74 Å². The summed E-state index contributed by atoms with van der Waals surface area (Å²) in [6.45, 7) is 1.05. The lowest BCUT2D eigenvalue weighted by Crippen LogP contribution is -2.26. The Morgan fingerprint density at radius 2 is 2.31 bits per heavy atom. The summed E-state index contributed by atoms with van der Waals surface area (Å²) in [6.07, 6.45) is 0. The van der Waals surface area contributed by atoms with Crippen LogP contribution in [-0.2, 0) is 9.59 Å². The summed E-state index contributed by atoms with van der Waals surface area (Å²) in [5.74, 6) is -0.582. The molecule has 0 saturated carbocycles. The Labute approximate surface area is 90.7 Å². The molecule has 84 valence electrons. The minimum atomic E-state index is -0.733. The number of hydrogen-bond acceptors (Lipinski definition) is 3. The van der Waals surface area contributed by atoms with Gasteiger partial charge in [0, 0.05) is 6.92 Å². The smallest absolute Gasteiger partial charge is 0.262 e. The van der Waals surface area contributed by atoms with Crippen LogP contribution in [0.1, 0.15) is 6.92 Å². The third-order valence-corrected chi connectivity index (χ3v) is 2.10. The molecule has 0 aromatic heterocycles. The van der Waals surface area contributed by atoms with E-state index in [1.165, 1.54) is 18.2 Å². The standard InChI is InChI=1S/C10H9FN2O3/c1-6(14)13(11)7-2-3-9-8(4-7)12-10(15)5-16-9/h2-4H,5H2,1H3,(H,12,15). The maximum absolute atomic E-state index is 13.3. The fraction of sp³-hybridized carbons (Fsp3) is 0.200. The van der Waals surface area contributed by atoms with Crippen molar-refractivity contribution in [2.24, 2.45) is 0 Å². The molecule has 1 aromatic carbocycles. The van der Waals surface area contributed by atoms with Crippen LogP contribution >= 0.6 is 0 Å². The molecule has 16 heavy (non-hydrogen) atoms. The van der Waals surface area contributed by atoms with Crippen molar-refractivity contribution in [3.8, 4) is 5.75 Å². The largest absolute Gasteiger partial charge is 0.482 e. The minimum Gasteiger partial charge on any atom is -0.482 e. The number of nitrogens with one attached hydrogen (secondary N) is 1. The number of carbonyl (C=O) groups is 2. The zero-order valence-corrected chi connectivity index (χ0v) is 8.49. The lowest BCUT2D eigenvalue weighted by molar-refractivity contribution is -0.119. The van der Waals surface area contributed by atoms with Gasteiger partial charge in [-0.2, -0.15) is 0 Å². The lowest BCUT2D eigenvalue weighted by Gasteiger charge is -2.19. The topological polar surface area (TPSA) is 58.6 Å². The number of rotatable bonds is 1. The van der Waals surface area contributed by atoms with Gasteiger partial charge in [0.1, 0.15) is 5.75 Å². The first-order chi connectivity index (χ1) is 7.58. The number of carbonyl (C=O) groups excluding carboxylic acids is 2. The van der Waals surface area contributed by atoms with Gasteiger partial charge in [-0.1, -0.05) is 4.48 Å². The zero-order chi connectivity index (χ0) is 11.7. The number of fused-ring (bicyclic) bond motifs is 1. The highest BCUT2D eigenvalue weighted by atomic mass is 19.2. The number of halogens is 1. The number of ether oxygens (including phenoxy) is 1. The van der Waals surface area contributed by atoms with Gasteiger partial charge in [-0.05, 0) is 18.2 Å². The van der Waals surface area contributed by atoms with Crippen LogP contribution in [0.25, 0.3) is 0 Å². The van der Waals surface area contributed by atoms with Crippen LogP contribution in [-0.4, -0.2) is 18.4 Å². The fourth-order valence-corrected chi connectivity index (χ4v) is 1.38. The van der Waals surface area contributed by atoms with Gasteiger partial charge in [0.25, 0.3) is 11.8 Å². The highest BCUT2D eigenvalue weighted by molar-refractivity contribution is 5.97. The molecule has 0 spiro atoms. The van der Waals surface area contributed by atoms with E-state index in [0.717, 1.165) is 6.92 Å². The van der Waals surface area contributed by atoms with Gasteiger partial charge in [-0.15, -0.1) is 5.12 Å². The first-order valence-corrected chi connectivity index (χ1v) is 4.61. The van der Waals surface area contributed by atoms with Gasteiger partial charge in [-0.3, -0.25) is 9.59 Å². The van der Waals surface area contributed by atoms with Crippen molar-refractivity contribution in [2.45, 2.75) is 6.92 Å². The Morgan fingerprint density at radius 1 is 1.56 bits per heavy atom. The third-order valence-electron chi connectivity index (χ3n) is 2.10. The molecule has 5 nitrogen and oxygen atoms in total. The van der Waals surface area contributed by atoms with E-state index in [0.29, 0.717) is 11.4 Å². The predicted octanol–water partition coefficient (Wildman–Crippen LogP) is 1.25. The van der Waals surface area contributed by atoms with Crippen LogP contribution in [0.3, 0.4) is 0 Å². The Hall–Kier alpha value is -2.11. The molecule has 0 unspecified atom stereocenters. The average Bonchev–Trinajstić information content (AvgIpc) is 2.26.